The lowest BCUT2D eigenvalue weighted by atomic mass is 10.3. The van der Waals surface area contributed by atoms with Crippen molar-refractivity contribution in [1.82, 2.24) is 3.93 Å². The third-order valence-corrected chi connectivity index (χ3v) is 6.50. The van der Waals surface area contributed by atoms with Crippen molar-refractivity contribution >= 4 is 25.7 Å². The topological polar surface area (TPSA) is 115 Å². The number of nitro groups is 1. The van der Waals surface area contributed by atoms with Crippen LogP contribution in [-0.2, 0) is 20.0 Å². The van der Waals surface area contributed by atoms with Crippen molar-refractivity contribution < 1.29 is 30.6 Å². The van der Waals surface area contributed by atoms with E-state index in [1.807, 2.05) is 0 Å². The molecule has 0 aliphatic carbocycles. The molecular formula is C12H8F2N2O6S2. The highest BCUT2D eigenvalue weighted by Crippen LogP contribution is 2.26. The highest BCUT2D eigenvalue weighted by Gasteiger charge is 2.37. The van der Waals surface area contributed by atoms with E-state index in [-0.39, 0.29) is 0 Å². The molecule has 0 bridgehead atoms. The van der Waals surface area contributed by atoms with E-state index in [0.717, 1.165) is 24.3 Å². The van der Waals surface area contributed by atoms with Crippen LogP contribution in [0, 0.1) is 15.9 Å². The van der Waals surface area contributed by atoms with Gasteiger partial charge in [0.15, 0.2) is 0 Å². The average Bonchev–Trinajstić information content (AvgIpc) is 2.54. The molecule has 0 aliphatic heterocycles. The molecule has 24 heavy (non-hydrogen) atoms. The maximum Gasteiger partial charge on any atom is 0.283 e. The molecule has 8 nitrogen and oxygen atoms in total. The Bertz CT molecular complexity index is 973. The molecule has 128 valence electrons. The predicted octanol–water partition coefficient (Wildman–Crippen LogP) is 2.00. The molecule has 2 rings (SSSR count). The highest BCUT2D eigenvalue weighted by molar-refractivity contribution is 8.03. The fraction of sp³-hybridized carbons (Fsp3) is 0. The Morgan fingerprint density at radius 2 is 1.21 bits per heavy atom. The van der Waals surface area contributed by atoms with Crippen LogP contribution in [0.1, 0.15) is 0 Å². The number of hydrogen-bond acceptors (Lipinski definition) is 6. The molecule has 2 aromatic carbocycles. The van der Waals surface area contributed by atoms with E-state index in [1.165, 1.54) is 0 Å². The quantitative estimate of drug-likeness (QED) is 0.446. The lowest BCUT2D eigenvalue weighted by Gasteiger charge is -2.13. The van der Waals surface area contributed by atoms with E-state index >= 15 is 0 Å². The first-order chi connectivity index (χ1) is 11.1. The Morgan fingerprint density at radius 3 is 1.58 bits per heavy atom. The molecule has 0 heterocycles. The third-order valence-electron chi connectivity index (χ3n) is 2.83. The second kappa shape index (κ2) is 6.22. The molecule has 0 fully saturated rings. The zero-order valence-corrected chi connectivity index (χ0v) is 13.2. The molecular weight excluding hydrogens is 370 g/mol. The minimum absolute atomic E-state index is 0.458. The summed E-state index contributed by atoms with van der Waals surface area (Å²) in [7, 11) is -10.2. The molecule has 0 atom stereocenters. The summed E-state index contributed by atoms with van der Waals surface area (Å²) in [6.45, 7) is 0. The summed E-state index contributed by atoms with van der Waals surface area (Å²) in [5.74, 6) is -0.794. The largest absolute Gasteiger partial charge is 0.283 e. The number of halogens is 2. The second-order valence-corrected chi connectivity index (χ2v) is 8.08. The normalized spacial score (nSPS) is 12.3. The van der Waals surface area contributed by atoms with Gasteiger partial charge in [0.25, 0.3) is 25.7 Å². The Hall–Kier alpha value is -2.44. The van der Waals surface area contributed by atoms with Crippen molar-refractivity contribution in [3.05, 3.63) is 64.5 Å². The van der Waals surface area contributed by atoms with Crippen molar-refractivity contribution in [2.24, 2.45) is 0 Å². The van der Waals surface area contributed by atoms with E-state index in [1.54, 1.807) is 0 Å². The van der Waals surface area contributed by atoms with Gasteiger partial charge in [-0.3, -0.25) is 10.1 Å². The number of benzene rings is 2. The van der Waals surface area contributed by atoms with Gasteiger partial charge < -0.3 is 0 Å². The van der Waals surface area contributed by atoms with Crippen LogP contribution in [0.5, 0.6) is 0 Å². The van der Waals surface area contributed by atoms with Gasteiger partial charge in [-0.1, -0.05) is 0 Å². The van der Waals surface area contributed by atoms with Gasteiger partial charge in [-0.05, 0) is 36.4 Å². The van der Waals surface area contributed by atoms with Crippen LogP contribution in [0.25, 0.3) is 0 Å². The summed E-state index contributed by atoms with van der Waals surface area (Å²) in [4.78, 5) is 8.12. The summed E-state index contributed by atoms with van der Waals surface area (Å²) in [6.07, 6.45) is 0. The van der Waals surface area contributed by atoms with E-state index in [0.29, 0.717) is 24.3 Å². The Balaban J connectivity index is 2.44. The zero-order chi connectivity index (χ0) is 18.1. The van der Waals surface area contributed by atoms with Gasteiger partial charge in [0.1, 0.15) is 5.82 Å². The first-order valence-corrected chi connectivity index (χ1v) is 8.91. The molecule has 0 saturated heterocycles. The first-order valence-electron chi connectivity index (χ1n) is 6.03. The highest BCUT2D eigenvalue weighted by atomic mass is 32.3. The van der Waals surface area contributed by atoms with Crippen LogP contribution < -0.4 is 0 Å². The zero-order valence-electron chi connectivity index (χ0n) is 11.5. The van der Waals surface area contributed by atoms with Crippen molar-refractivity contribution in [2.75, 3.05) is 0 Å². The van der Waals surface area contributed by atoms with Crippen LogP contribution in [0.4, 0.5) is 14.6 Å². The lowest BCUT2D eigenvalue weighted by Crippen LogP contribution is -2.29. The minimum Gasteiger partial charge on any atom is -0.258 e. The fourth-order valence-corrected chi connectivity index (χ4v) is 4.48. The van der Waals surface area contributed by atoms with E-state index in [4.69, 9.17) is 0 Å². The molecule has 0 N–H and O–H groups in total. The van der Waals surface area contributed by atoms with Gasteiger partial charge in [-0.25, -0.2) is 21.2 Å². The van der Waals surface area contributed by atoms with Gasteiger partial charge in [0.05, 0.1) is 18.6 Å². The van der Waals surface area contributed by atoms with Crippen molar-refractivity contribution in [1.29, 1.82) is 0 Å². The summed E-state index contributed by atoms with van der Waals surface area (Å²) in [5.41, 5.74) is -0.458. The number of nitrogens with zero attached hydrogens (tertiary/aromatic N) is 2. The maximum atomic E-state index is 14.1. The smallest absolute Gasteiger partial charge is 0.258 e. The summed E-state index contributed by atoms with van der Waals surface area (Å²) < 4.78 is 73.6. The van der Waals surface area contributed by atoms with Crippen molar-refractivity contribution in [3.8, 4) is 0 Å². The van der Waals surface area contributed by atoms with Crippen LogP contribution in [-0.4, -0.2) is 25.7 Å². The lowest BCUT2D eigenvalue weighted by molar-refractivity contribution is -0.384. The number of nitro benzene ring substituents is 1. The monoisotopic (exact) mass is 378 g/mol. The Morgan fingerprint density at radius 1 is 0.833 bits per heavy atom. The van der Waals surface area contributed by atoms with Crippen LogP contribution in [0.15, 0.2) is 58.3 Å². The van der Waals surface area contributed by atoms with E-state index in [9.17, 15) is 35.8 Å². The van der Waals surface area contributed by atoms with Crippen molar-refractivity contribution in [2.45, 2.75) is 9.79 Å². The summed E-state index contributed by atoms with van der Waals surface area (Å²) >= 11 is 0. The maximum absolute atomic E-state index is 14.1. The summed E-state index contributed by atoms with van der Waals surface area (Å²) in [5, 5.41) is 10.5. The van der Waals surface area contributed by atoms with Gasteiger partial charge in [-0.2, -0.15) is 0 Å². The minimum atomic E-state index is -5.14. The first kappa shape index (κ1) is 17.9. The second-order valence-electron chi connectivity index (χ2n) is 4.37. The average molecular weight is 378 g/mol. The Kier molecular flexibility index (Phi) is 4.64. The summed E-state index contributed by atoms with van der Waals surface area (Å²) in [6, 6.07) is 5.79. The molecule has 0 saturated carbocycles. The predicted molar refractivity (Wildman–Crippen MR) is 76.8 cm³/mol. The third kappa shape index (κ3) is 3.25. The van der Waals surface area contributed by atoms with Crippen LogP contribution in [0.2, 0.25) is 0 Å². The van der Waals surface area contributed by atoms with Crippen LogP contribution >= 0.6 is 0 Å². The number of hydrogen-bond donors (Lipinski definition) is 0. The number of sulfonamides is 2. The molecule has 2 aromatic rings. The Labute approximate surface area is 135 Å². The standard InChI is InChI=1S/C12H8F2N2O6S2/c13-9-1-5-11(6-2-9)23(19,20)16(14)24(21,22)12-7-3-10(4-8-12)15(17)18/h1-8H. The van der Waals surface area contributed by atoms with Crippen molar-refractivity contribution in [3.63, 3.8) is 0 Å². The molecule has 0 amide bonds. The fourth-order valence-electron chi connectivity index (χ4n) is 1.64. The molecule has 12 heteroatoms. The molecule has 0 aromatic heterocycles. The molecule has 0 aliphatic rings. The van der Waals surface area contributed by atoms with Gasteiger partial charge >= 0.3 is 0 Å². The molecule has 0 unspecified atom stereocenters. The number of non-ortho nitro benzene ring substituents is 1. The van der Waals surface area contributed by atoms with E-state index in [2.05, 4.69) is 0 Å². The molecule has 0 radical (unpaired) electrons. The van der Waals surface area contributed by atoms with Crippen LogP contribution in [0.3, 0.4) is 0 Å². The van der Waals surface area contributed by atoms with E-state index < -0.39 is 50.2 Å². The SMILES string of the molecule is O=[N+]([O-])c1ccc(S(=O)(=O)N(F)S(=O)(=O)c2ccc(F)cc2)cc1. The van der Waals surface area contributed by atoms with Gasteiger partial charge in [-0.15, -0.1) is 4.48 Å². The van der Waals surface area contributed by atoms with Gasteiger partial charge in [0.2, 0.25) is 0 Å². The van der Waals surface area contributed by atoms with Gasteiger partial charge in [0, 0.05) is 12.1 Å². The number of rotatable bonds is 5. The molecule has 0 spiro atoms.